The van der Waals surface area contributed by atoms with Crippen LogP contribution in [0.5, 0.6) is 0 Å². The molecule has 0 saturated heterocycles. The molecule has 0 aliphatic carbocycles. The number of benzene rings is 2. The number of halogens is 2. The molecule has 0 aliphatic heterocycles. The number of ether oxygens (including phenoxy) is 1. The van der Waals surface area contributed by atoms with Crippen LogP contribution in [0.2, 0.25) is 10.0 Å². The van der Waals surface area contributed by atoms with Crippen molar-refractivity contribution in [2.24, 2.45) is 0 Å². The van der Waals surface area contributed by atoms with Gasteiger partial charge < -0.3 is 4.74 Å². The molecule has 0 atom stereocenters. The van der Waals surface area contributed by atoms with E-state index < -0.39 is 16.0 Å². The fourth-order valence-corrected chi connectivity index (χ4v) is 3.68. The minimum Gasteiger partial charge on any atom is -0.465 e. The lowest BCUT2D eigenvalue weighted by molar-refractivity contribution is 0.0601. The SMILES string of the molecule is COC(=O)c1cc(NS(=O)(=O)c2cc(Cl)ccc2C)ccc1Cl. The number of carbonyl (C=O) groups excluding carboxylic acids is 1. The summed E-state index contributed by atoms with van der Waals surface area (Å²) in [7, 11) is -2.65. The highest BCUT2D eigenvalue weighted by Gasteiger charge is 2.19. The number of aryl methyl sites for hydroxylation is 1. The van der Waals surface area contributed by atoms with Gasteiger partial charge in [-0.15, -0.1) is 0 Å². The summed E-state index contributed by atoms with van der Waals surface area (Å²) >= 11 is 11.8. The monoisotopic (exact) mass is 373 g/mol. The minimum atomic E-state index is -3.86. The Morgan fingerprint density at radius 3 is 2.48 bits per heavy atom. The van der Waals surface area contributed by atoms with Crippen molar-refractivity contribution in [3.8, 4) is 0 Å². The van der Waals surface area contributed by atoms with Crippen LogP contribution in [-0.4, -0.2) is 21.5 Å². The molecule has 8 heteroatoms. The normalized spacial score (nSPS) is 11.1. The molecule has 0 amide bonds. The van der Waals surface area contributed by atoms with Crippen LogP contribution >= 0.6 is 23.2 Å². The highest BCUT2D eigenvalue weighted by Crippen LogP contribution is 2.26. The Balaban J connectivity index is 2.42. The Kier molecular flexibility index (Phi) is 5.19. The number of hydrogen-bond acceptors (Lipinski definition) is 4. The zero-order chi connectivity index (χ0) is 17.2. The molecule has 0 spiro atoms. The van der Waals surface area contributed by atoms with Crippen molar-refractivity contribution in [2.45, 2.75) is 11.8 Å². The van der Waals surface area contributed by atoms with E-state index in [0.717, 1.165) is 0 Å². The highest BCUT2D eigenvalue weighted by atomic mass is 35.5. The van der Waals surface area contributed by atoms with Crippen LogP contribution < -0.4 is 4.72 Å². The van der Waals surface area contributed by atoms with E-state index in [4.69, 9.17) is 23.2 Å². The number of nitrogens with one attached hydrogen (secondary N) is 1. The third kappa shape index (κ3) is 3.96. The predicted molar refractivity (Wildman–Crippen MR) is 89.8 cm³/mol. The fraction of sp³-hybridized carbons (Fsp3) is 0.133. The van der Waals surface area contributed by atoms with Gasteiger partial charge in [0.15, 0.2) is 0 Å². The Bertz CT molecular complexity index is 866. The van der Waals surface area contributed by atoms with E-state index in [2.05, 4.69) is 9.46 Å². The first-order valence-corrected chi connectivity index (χ1v) is 8.65. The van der Waals surface area contributed by atoms with Crippen LogP contribution in [0.15, 0.2) is 41.3 Å². The topological polar surface area (TPSA) is 72.5 Å². The zero-order valence-corrected chi connectivity index (χ0v) is 14.6. The quantitative estimate of drug-likeness (QED) is 0.825. The van der Waals surface area contributed by atoms with E-state index in [1.165, 1.54) is 31.4 Å². The standard InChI is InChI=1S/C15H13Cl2NO4S/c1-9-3-4-10(16)7-14(9)23(20,21)18-11-5-6-13(17)12(8-11)15(19)22-2/h3-8,18H,1-2H3. The molecule has 122 valence electrons. The van der Waals surface area contributed by atoms with Crippen LogP contribution in [0, 0.1) is 6.92 Å². The minimum absolute atomic E-state index is 0.0552. The van der Waals surface area contributed by atoms with Crippen molar-refractivity contribution in [1.82, 2.24) is 0 Å². The van der Waals surface area contributed by atoms with E-state index in [1.54, 1.807) is 19.1 Å². The van der Waals surface area contributed by atoms with E-state index in [-0.39, 0.29) is 21.2 Å². The summed E-state index contributed by atoms with van der Waals surface area (Å²) < 4.78 is 32.0. The summed E-state index contributed by atoms with van der Waals surface area (Å²) in [6.07, 6.45) is 0. The zero-order valence-electron chi connectivity index (χ0n) is 12.3. The second-order valence-electron chi connectivity index (χ2n) is 4.70. The average molecular weight is 374 g/mol. The number of hydrogen-bond donors (Lipinski definition) is 1. The molecule has 0 heterocycles. The largest absolute Gasteiger partial charge is 0.465 e. The number of rotatable bonds is 4. The lowest BCUT2D eigenvalue weighted by atomic mass is 10.2. The van der Waals surface area contributed by atoms with Gasteiger partial charge in [0.25, 0.3) is 10.0 Å². The molecule has 0 fully saturated rings. The molecule has 0 saturated carbocycles. The van der Waals surface area contributed by atoms with Crippen molar-refractivity contribution < 1.29 is 17.9 Å². The van der Waals surface area contributed by atoms with E-state index in [1.807, 2.05) is 0 Å². The lowest BCUT2D eigenvalue weighted by Gasteiger charge is -2.12. The molecule has 2 rings (SSSR count). The Morgan fingerprint density at radius 2 is 1.83 bits per heavy atom. The maximum atomic E-state index is 12.5. The maximum absolute atomic E-state index is 12.5. The van der Waals surface area contributed by atoms with Crippen LogP contribution in [0.4, 0.5) is 5.69 Å². The Morgan fingerprint density at radius 1 is 1.13 bits per heavy atom. The number of esters is 1. The van der Waals surface area contributed by atoms with Gasteiger partial charge in [-0.05, 0) is 42.8 Å². The van der Waals surface area contributed by atoms with Crippen molar-refractivity contribution in [2.75, 3.05) is 11.8 Å². The molecule has 0 aliphatic rings. The lowest BCUT2D eigenvalue weighted by Crippen LogP contribution is -2.15. The molecule has 5 nitrogen and oxygen atoms in total. The molecule has 0 radical (unpaired) electrons. The second-order valence-corrected chi connectivity index (χ2v) is 7.20. The fourth-order valence-electron chi connectivity index (χ4n) is 1.93. The molecule has 1 N–H and O–H groups in total. The first-order chi connectivity index (χ1) is 10.7. The summed E-state index contributed by atoms with van der Waals surface area (Å²) in [4.78, 5) is 11.7. The van der Waals surface area contributed by atoms with Gasteiger partial charge >= 0.3 is 5.97 Å². The van der Waals surface area contributed by atoms with Gasteiger partial charge in [-0.1, -0.05) is 29.3 Å². The summed E-state index contributed by atoms with van der Waals surface area (Å²) in [5.41, 5.74) is 0.801. The highest BCUT2D eigenvalue weighted by molar-refractivity contribution is 7.92. The van der Waals surface area contributed by atoms with Gasteiger partial charge in [-0.3, -0.25) is 4.72 Å². The van der Waals surface area contributed by atoms with Crippen LogP contribution in [0.25, 0.3) is 0 Å². The van der Waals surface area contributed by atoms with Gasteiger partial charge in [0.2, 0.25) is 0 Å². The van der Waals surface area contributed by atoms with Gasteiger partial charge in [0, 0.05) is 10.7 Å². The Labute approximate surface area is 144 Å². The van der Waals surface area contributed by atoms with Crippen LogP contribution in [-0.2, 0) is 14.8 Å². The maximum Gasteiger partial charge on any atom is 0.339 e. The molecular formula is C15H13Cl2NO4S. The molecule has 0 unspecified atom stereocenters. The summed E-state index contributed by atoms with van der Waals surface area (Å²) in [5, 5.41) is 0.473. The molecule has 0 aromatic heterocycles. The van der Waals surface area contributed by atoms with Gasteiger partial charge in [0.05, 0.1) is 22.6 Å². The molecule has 2 aromatic rings. The Hall–Kier alpha value is -1.76. The van der Waals surface area contributed by atoms with Crippen molar-refractivity contribution in [3.05, 3.63) is 57.6 Å². The van der Waals surface area contributed by atoms with Gasteiger partial charge in [-0.25, -0.2) is 13.2 Å². The summed E-state index contributed by atoms with van der Waals surface area (Å²) in [6, 6.07) is 8.75. The van der Waals surface area contributed by atoms with Gasteiger partial charge in [0.1, 0.15) is 0 Å². The van der Waals surface area contributed by atoms with E-state index >= 15 is 0 Å². The summed E-state index contributed by atoms with van der Waals surface area (Å²) in [6.45, 7) is 1.66. The molecule has 0 bridgehead atoms. The number of carbonyl (C=O) groups is 1. The molecule has 2 aromatic carbocycles. The summed E-state index contributed by atoms with van der Waals surface area (Å²) in [5.74, 6) is -0.657. The van der Waals surface area contributed by atoms with Crippen molar-refractivity contribution in [3.63, 3.8) is 0 Å². The second kappa shape index (κ2) is 6.78. The third-order valence-corrected chi connectivity index (χ3v) is 5.15. The van der Waals surface area contributed by atoms with E-state index in [9.17, 15) is 13.2 Å². The van der Waals surface area contributed by atoms with E-state index in [0.29, 0.717) is 10.6 Å². The number of methoxy groups -OCH3 is 1. The number of anilines is 1. The molecule has 23 heavy (non-hydrogen) atoms. The smallest absolute Gasteiger partial charge is 0.339 e. The average Bonchev–Trinajstić information content (AvgIpc) is 2.50. The van der Waals surface area contributed by atoms with Crippen molar-refractivity contribution >= 4 is 44.9 Å². The number of sulfonamides is 1. The first-order valence-electron chi connectivity index (χ1n) is 6.41. The van der Waals surface area contributed by atoms with Crippen molar-refractivity contribution in [1.29, 1.82) is 0 Å². The third-order valence-electron chi connectivity index (χ3n) is 3.06. The predicted octanol–water partition coefficient (Wildman–Crippen LogP) is 3.89. The van der Waals surface area contributed by atoms with Gasteiger partial charge in [-0.2, -0.15) is 0 Å². The molecular weight excluding hydrogens is 361 g/mol. The first kappa shape index (κ1) is 17.6. The van der Waals surface area contributed by atoms with Crippen LogP contribution in [0.1, 0.15) is 15.9 Å². The van der Waals surface area contributed by atoms with Crippen LogP contribution in [0.3, 0.4) is 0 Å².